The molecule has 0 aromatic rings. The minimum Gasteiger partial charge on any atom is -0.444 e. The summed E-state index contributed by atoms with van der Waals surface area (Å²) >= 11 is 0. The predicted octanol–water partition coefficient (Wildman–Crippen LogP) is 4.38. The Morgan fingerprint density at radius 2 is 1.78 bits per heavy atom. The molecule has 0 spiro atoms. The Morgan fingerprint density at radius 3 is 2.43 bits per heavy atom. The topological polar surface area (TPSA) is 50.4 Å². The number of ether oxygens (including phenoxy) is 1. The van der Waals surface area contributed by atoms with Crippen LogP contribution in [-0.4, -0.2) is 29.8 Å². The molecule has 134 valence electrons. The number of hydrogen-bond acceptors (Lipinski definition) is 3. The highest BCUT2D eigenvalue weighted by Gasteiger charge is 2.33. The molecule has 0 aromatic heterocycles. The molecule has 2 aliphatic rings. The van der Waals surface area contributed by atoms with Crippen molar-refractivity contribution >= 4 is 6.09 Å². The van der Waals surface area contributed by atoms with Crippen LogP contribution in [0.15, 0.2) is 0 Å². The molecule has 2 rings (SSSR count). The molecule has 2 unspecified atom stereocenters. The zero-order valence-electron chi connectivity index (χ0n) is 15.5. The van der Waals surface area contributed by atoms with Crippen LogP contribution in [0, 0.1) is 5.92 Å². The molecule has 2 aliphatic carbocycles. The molecule has 2 N–H and O–H groups in total. The third-order valence-electron chi connectivity index (χ3n) is 5.12. The van der Waals surface area contributed by atoms with Gasteiger partial charge >= 0.3 is 6.09 Å². The van der Waals surface area contributed by atoms with Crippen molar-refractivity contribution in [2.45, 2.75) is 109 Å². The standard InChI is InChI=1S/C19H36N2O2/c1-5-7-14-8-6-9-15(11-10-14)20-16-12-17(13-16)21-18(22)23-19(2,3)4/h14-17,20H,5-13H2,1-4H3,(H,21,22). The molecular weight excluding hydrogens is 288 g/mol. The summed E-state index contributed by atoms with van der Waals surface area (Å²) < 4.78 is 5.31. The quantitative estimate of drug-likeness (QED) is 0.738. The minimum absolute atomic E-state index is 0.279. The first-order valence-electron chi connectivity index (χ1n) is 9.61. The van der Waals surface area contributed by atoms with Crippen molar-refractivity contribution in [2.75, 3.05) is 0 Å². The second-order valence-corrected chi connectivity index (χ2v) is 8.54. The molecule has 2 saturated carbocycles. The molecule has 0 saturated heterocycles. The Hall–Kier alpha value is -0.770. The lowest BCUT2D eigenvalue weighted by molar-refractivity contribution is 0.0462. The summed E-state index contributed by atoms with van der Waals surface area (Å²) in [7, 11) is 0. The van der Waals surface area contributed by atoms with Crippen LogP contribution in [-0.2, 0) is 4.74 Å². The van der Waals surface area contributed by atoms with Gasteiger partial charge in [-0.05, 0) is 58.8 Å². The number of carbonyl (C=O) groups excluding carboxylic acids is 1. The van der Waals surface area contributed by atoms with E-state index in [-0.39, 0.29) is 12.1 Å². The summed E-state index contributed by atoms with van der Waals surface area (Å²) in [6.07, 6.45) is 11.3. The second kappa shape index (κ2) is 8.36. The van der Waals surface area contributed by atoms with Gasteiger partial charge in [-0.1, -0.05) is 32.6 Å². The molecule has 0 aliphatic heterocycles. The average Bonchev–Trinajstić information content (AvgIpc) is 2.60. The van der Waals surface area contributed by atoms with E-state index in [1.807, 2.05) is 20.8 Å². The monoisotopic (exact) mass is 324 g/mol. The van der Waals surface area contributed by atoms with Gasteiger partial charge in [0, 0.05) is 18.1 Å². The average molecular weight is 325 g/mol. The van der Waals surface area contributed by atoms with Gasteiger partial charge in [-0.3, -0.25) is 0 Å². The van der Waals surface area contributed by atoms with E-state index >= 15 is 0 Å². The summed E-state index contributed by atoms with van der Waals surface area (Å²) in [6, 6.07) is 1.54. The number of rotatable bonds is 5. The molecule has 4 heteroatoms. The fraction of sp³-hybridized carbons (Fsp3) is 0.947. The van der Waals surface area contributed by atoms with Crippen molar-refractivity contribution in [3.8, 4) is 0 Å². The molecule has 1 amide bonds. The first-order valence-corrected chi connectivity index (χ1v) is 9.61. The van der Waals surface area contributed by atoms with Gasteiger partial charge in [0.2, 0.25) is 0 Å². The lowest BCUT2D eigenvalue weighted by Crippen LogP contribution is -2.55. The summed E-state index contributed by atoms with van der Waals surface area (Å²) in [5.41, 5.74) is -0.416. The van der Waals surface area contributed by atoms with Crippen LogP contribution in [0.1, 0.15) is 85.5 Å². The van der Waals surface area contributed by atoms with Crippen molar-refractivity contribution in [3.05, 3.63) is 0 Å². The molecule has 0 aromatic carbocycles. The van der Waals surface area contributed by atoms with Gasteiger partial charge in [0.25, 0.3) is 0 Å². The molecule has 0 bridgehead atoms. The second-order valence-electron chi connectivity index (χ2n) is 8.54. The van der Waals surface area contributed by atoms with Gasteiger partial charge in [-0.15, -0.1) is 0 Å². The van der Waals surface area contributed by atoms with E-state index in [1.54, 1.807) is 0 Å². The third-order valence-corrected chi connectivity index (χ3v) is 5.12. The fourth-order valence-electron chi connectivity index (χ4n) is 3.92. The first kappa shape index (κ1) is 18.6. The van der Waals surface area contributed by atoms with Crippen LogP contribution < -0.4 is 10.6 Å². The fourth-order valence-corrected chi connectivity index (χ4v) is 3.92. The summed E-state index contributed by atoms with van der Waals surface area (Å²) in [5.74, 6) is 0.953. The van der Waals surface area contributed by atoms with Crippen molar-refractivity contribution in [3.63, 3.8) is 0 Å². The number of nitrogens with one attached hydrogen (secondary N) is 2. The third kappa shape index (κ3) is 6.70. The van der Waals surface area contributed by atoms with Gasteiger partial charge in [-0.2, -0.15) is 0 Å². The summed E-state index contributed by atoms with van der Waals surface area (Å²) in [4.78, 5) is 11.7. The Labute approximate surface area is 142 Å². The Balaban J connectivity index is 1.61. The van der Waals surface area contributed by atoms with Gasteiger partial charge in [0.05, 0.1) is 0 Å². The maximum Gasteiger partial charge on any atom is 0.407 e. The van der Waals surface area contributed by atoms with E-state index in [0.29, 0.717) is 12.1 Å². The van der Waals surface area contributed by atoms with E-state index in [2.05, 4.69) is 17.6 Å². The van der Waals surface area contributed by atoms with Crippen LogP contribution in [0.2, 0.25) is 0 Å². The van der Waals surface area contributed by atoms with E-state index in [4.69, 9.17) is 4.74 Å². The van der Waals surface area contributed by atoms with Crippen LogP contribution in [0.4, 0.5) is 4.79 Å². The smallest absolute Gasteiger partial charge is 0.407 e. The molecular formula is C19H36N2O2. The Bertz CT molecular complexity index is 372. The first-order chi connectivity index (χ1) is 10.9. The molecule has 2 atom stereocenters. The summed E-state index contributed by atoms with van der Waals surface area (Å²) in [6.45, 7) is 7.99. The van der Waals surface area contributed by atoms with E-state index in [1.165, 1.54) is 44.9 Å². The van der Waals surface area contributed by atoms with Crippen molar-refractivity contribution in [1.29, 1.82) is 0 Å². The highest BCUT2D eigenvalue weighted by Crippen LogP contribution is 2.29. The normalized spacial score (nSPS) is 31.8. The van der Waals surface area contributed by atoms with Gasteiger partial charge in [0.1, 0.15) is 5.60 Å². The van der Waals surface area contributed by atoms with Crippen molar-refractivity contribution in [1.82, 2.24) is 10.6 Å². The molecule has 4 nitrogen and oxygen atoms in total. The van der Waals surface area contributed by atoms with Crippen molar-refractivity contribution in [2.24, 2.45) is 5.92 Å². The SMILES string of the molecule is CCCC1CCCC(NC2CC(NC(=O)OC(C)(C)C)C2)CC1. The predicted molar refractivity (Wildman–Crippen MR) is 94.6 cm³/mol. The van der Waals surface area contributed by atoms with Crippen LogP contribution in [0.3, 0.4) is 0 Å². The largest absolute Gasteiger partial charge is 0.444 e. The lowest BCUT2D eigenvalue weighted by Gasteiger charge is -2.39. The van der Waals surface area contributed by atoms with E-state index in [0.717, 1.165) is 18.8 Å². The molecule has 0 radical (unpaired) electrons. The summed E-state index contributed by atoms with van der Waals surface area (Å²) in [5, 5.41) is 6.79. The zero-order chi connectivity index (χ0) is 16.9. The van der Waals surface area contributed by atoms with Gasteiger partial charge < -0.3 is 15.4 Å². The number of alkyl carbamates (subject to hydrolysis) is 1. The Morgan fingerprint density at radius 1 is 1.04 bits per heavy atom. The minimum atomic E-state index is -0.416. The van der Waals surface area contributed by atoms with E-state index < -0.39 is 5.60 Å². The molecule has 2 fully saturated rings. The van der Waals surface area contributed by atoms with Gasteiger partial charge in [-0.25, -0.2) is 4.79 Å². The molecule has 23 heavy (non-hydrogen) atoms. The van der Waals surface area contributed by atoms with E-state index in [9.17, 15) is 4.79 Å². The lowest BCUT2D eigenvalue weighted by atomic mass is 9.85. The highest BCUT2D eigenvalue weighted by molar-refractivity contribution is 5.68. The van der Waals surface area contributed by atoms with Crippen LogP contribution >= 0.6 is 0 Å². The van der Waals surface area contributed by atoms with Crippen molar-refractivity contribution < 1.29 is 9.53 Å². The number of amides is 1. The van der Waals surface area contributed by atoms with Crippen LogP contribution in [0.5, 0.6) is 0 Å². The maximum atomic E-state index is 11.7. The highest BCUT2D eigenvalue weighted by atomic mass is 16.6. The van der Waals surface area contributed by atoms with Crippen LogP contribution in [0.25, 0.3) is 0 Å². The Kier molecular flexibility index (Phi) is 6.75. The molecule has 0 heterocycles. The number of carbonyl (C=O) groups is 1. The van der Waals surface area contributed by atoms with Gasteiger partial charge in [0.15, 0.2) is 0 Å². The zero-order valence-corrected chi connectivity index (χ0v) is 15.5. The maximum absolute atomic E-state index is 11.7. The number of hydrogen-bond donors (Lipinski definition) is 2.